The van der Waals surface area contributed by atoms with Crippen LogP contribution >= 0.6 is 0 Å². The van der Waals surface area contributed by atoms with Crippen molar-refractivity contribution in [3.8, 4) is 17.1 Å². The predicted octanol–water partition coefficient (Wildman–Crippen LogP) is 4.11. The maximum absolute atomic E-state index is 12.2. The summed E-state index contributed by atoms with van der Waals surface area (Å²) in [4.78, 5) is 26.1. The Kier molecular flexibility index (Phi) is 6.89. The summed E-state index contributed by atoms with van der Waals surface area (Å²) in [5.74, 6) is -0.206. The van der Waals surface area contributed by atoms with E-state index in [0.717, 1.165) is 11.3 Å². The lowest BCUT2D eigenvalue weighted by atomic mass is 9.98. The fourth-order valence-corrected chi connectivity index (χ4v) is 2.80. The molecule has 1 heterocycles. The molecule has 0 aliphatic rings. The van der Waals surface area contributed by atoms with Crippen LogP contribution in [0.25, 0.3) is 16.8 Å². The highest BCUT2D eigenvalue weighted by atomic mass is 16.6. The number of ether oxygens (including phenoxy) is 2. The highest BCUT2D eigenvalue weighted by molar-refractivity contribution is 6.19. The number of rotatable bonds is 7. The predicted molar refractivity (Wildman–Crippen MR) is 114 cm³/mol. The fourth-order valence-electron chi connectivity index (χ4n) is 2.80. The summed E-state index contributed by atoms with van der Waals surface area (Å²) < 4.78 is 9.91. The molecule has 0 saturated heterocycles. The number of hydrogen-bond donors (Lipinski definition) is 0. The number of carbonyl (C=O) groups is 1. The topological polar surface area (TPSA) is 82.9 Å². The van der Waals surface area contributed by atoms with Crippen molar-refractivity contribution < 1.29 is 19.1 Å². The number of oxime groups is 1. The van der Waals surface area contributed by atoms with Gasteiger partial charge in [-0.3, -0.25) is 0 Å². The van der Waals surface area contributed by atoms with Crippen molar-refractivity contribution in [1.82, 2.24) is 9.97 Å². The maximum atomic E-state index is 12.2. The molecule has 0 atom stereocenters. The smallest absolute Gasteiger partial charge is 0.341 e. The van der Waals surface area contributed by atoms with Gasteiger partial charge in [0.1, 0.15) is 11.9 Å². The van der Waals surface area contributed by atoms with E-state index in [1.807, 2.05) is 48.5 Å². The minimum atomic E-state index is -0.513. The second-order valence-electron chi connectivity index (χ2n) is 6.18. The number of methoxy groups -OCH3 is 2. The van der Waals surface area contributed by atoms with Crippen LogP contribution in [0.2, 0.25) is 0 Å². The Morgan fingerprint density at radius 2 is 1.67 bits per heavy atom. The van der Waals surface area contributed by atoms with Crippen molar-refractivity contribution in [2.45, 2.75) is 6.92 Å². The molecule has 0 aliphatic carbocycles. The molecule has 0 N–H and O–H groups in total. The first-order valence-corrected chi connectivity index (χ1v) is 9.14. The van der Waals surface area contributed by atoms with E-state index >= 15 is 0 Å². The first-order valence-electron chi connectivity index (χ1n) is 9.14. The SMILES string of the molecule is CO/C=C(/C(=O)OC)c1ccccc1C(C)=NOc1cc(-c2ccccc2)ncn1. The molecular formula is C23H21N3O4. The van der Waals surface area contributed by atoms with Gasteiger partial charge in [0, 0.05) is 22.8 Å². The van der Waals surface area contributed by atoms with E-state index in [4.69, 9.17) is 14.3 Å². The Hall–Kier alpha value is -4.00. The molecular weight excluding hydrogens is 382 g/mol. The first-order chi connectivity index (χ1) is 14.6. The molecule has 0 unspecified atom stereocenters. The molecule has 7 nitrogen and oxygen atoms in total. The number of esters is 1. The summed E-state index contributed by atoms with van der Waals surface area (Å²) in [6.45, 7) is 1.78. The first kappa shape index (κ1) is 20.7. The molecule has 0 saturated carbocycles. The number of nitrogens with zero attached hydrogens (tertiary/aromatic N) is 3. The molecule has 30 heavy (non-hydrogen) atoms. The molecule has 0 spiro atoms. The highest BCUT2D eigenvalue weighted by Crippen LogP contribution is 2.23. The van der Waals surface area contributed by atoms with Gasteiger partial charge in [-0.1, -0.05) is 59.8 Å². The largest absolute Gasteiger partial charge is 0.503 e. The van der Waals surface area contributed by atoms with E-state index in [1.165, 1.54) is 26.8 Å². The van der Waals surface area contributed by atoms with Gasteiger partial charge in [-0.2, -0.15) is 4.98 Å². The zero-order chi connectivity index (χ0) is 21.3. The van der Waals surface area contributed by atoms with Gasteiger partial charge in [-0.15, -0.1) is 0 Å². The van der Waals surface area contributed by atoms with E-state index in [-0.39, 0.29) is 5.57 Å². The van der Waals surface area contributed by atoms with Gasteiger partial charge in [-0.25, -0.2) is 9.78 Å². The molecule has 7 heteroatoms. The van der Waals surface area contributed by atoms with Crippen molar-refractivity contribution in [1.29, 1.82) is 0 Å². The molecule has 3 rings (SSSR count). The van der Waals surface area contributed by atoms with Gasteiger partial charge in [0.25, 0.3) is 5.88 Å². The average Bonchev–Trinajstić information content (AvgIpc) is 2.81. The van der Waals surface area contributed by atoms with E-state index in [2.05, 4.69) is 15.1 Å². The van der Waals surface area contributed by atoms with E-state index < -0.39 is 5.97 Å². The van der Waals surface area contributed by atoms with Crippen molar-refractivity contribution in [2.75, 3.05) is 14.2 Å². The third kappa shape index (κ3) is 4.88. The molecule has 0 bridgehead atoms. The van der Waals surface area contributed by atoms with Crippen LogP contribution in [0.4, 0.5) is 0 Å². The van der Waals surface area contributed by atoms with E-state index in [9.17, 15) is 4.79 Å². The second-order valence-corrected chi connectivity index (χ2v) is 6.18. The van der Waals surface area contributed by atoms with Crippen molar-refractivity contribution in [3.63, 3.8) is 0 Å². The standard InChI is InChI=1S/C23H21N3O4/c1-16(18-11-7-8-12-19(18)20(14-28-2)23(27)29-3)26-30-22-13-21(24-15-25-22)17-9-5-4-6-10-17/h4-15H,1-3H3/b20-14+,26-16?. The Bertz CT molecular complexity index is 1080. The minimum absolute atomic E-state index is 0.276. The van der Waals surface area contributed by atoms with Crippen molar-refractivity contribution >= 4 is 17.3 Å². The number of carbonyl (C=O) groups excluding carboxylic acids is 1. The van der Waals surface area contributed by atoms with Crippen LogP contribution in [-0.4, -0.2) is 35.9 Å². The van der Waals surface area contributed by atoms with Crippen LogP contribution < -0.4 is 4.84 Å². The lowest BCUT2D eigenvalue weighted by Crippen LogP contribution is -2.09. The van der Waals surface area contributed by atoms with Crippen LogP contribution in [0.1, 0.15) is 18.1 Å². The number of hydrogen-bond acceptors (Lipinski definition) is 7. The van der Waals surface area contributed by atoms with Crippen LogP contribution in [-0.2, 0) is 14.3 Å². The van der Waals surface area contributed by atoms with E-state index in [0.29, 0.717) is 22.7 Å². The highest BCUT2D eigenvalue weighted by Gasteiger charge is 2.18. The summed E-state index contributed by atoms with van der Waals surface area (Å²) in [6, 6.07) is 18.7. The number of aromatic nitrogens is 2. The van der Waals surface area contributed by atoms with Crippen LogP contribution in [0.15, 0.2) is 78.4 Å². The molecule has 3 aromatic rings. The van der Waals surface area contributed by atoms with E-state index in [1.54, 1.807) is 19.1 Å². The monoisotopic (exact) mass is 403 g/mol. The van der Waals surface area contributed by atoms with Gasteiger partial charge < -0.3 is 14.3 Å². The average molecular weight is 403 g/mol. The summed E-state index contributed by atoms with van der Waals surface area (Å²) in [5, 5.41) is 4.19. The zero-order valence-electron chi connectivity index (χ0n) is 16.9. The summed E-state index contributed by atoms with van der Waals surface area (Å²) in [5.41, 5.74) is 3.82. The van der Waals surface area contributed by atoms with Crippen LogP contribution in [0, 0.1) is 0 Å². The van der Waals surface area contributed by atoms with Crippen LogP contribution in [0.3, 0.4) is 0 Å². The zero-order valence-corrected chi connectivity index (χ0v) is 16.9. The van der Waals surface area contributed by atoms with Gasteiger partial charge in [0.15, 0.2) is 0 Å². The Morgan fingerprint density at radius 3 is 2.37 bits per heavy atom. The van der Waals surface area contributed by atoms with Crippen LogP contribution in [0.5, 0.6) is 5.88 Å². The molecule has 0 fully saturated rings. The molecule has 1 aromatic heterocycles. The molecule has 0 aliphatic heterocycles. The minimum Gasteiger partial charge on any atom is -0.503 e. The fraction of sp³-hybridized carbons (Fsp3) is 0.130. The second kappa shape index (κ2) is 9.97. The molecule has 0 radical (unpaired) electrons. The normalized spacial score (nSPS) is 11.7. The lowest BCUT2D eigenvalue weighted by molar-refractivity contribution is -0.133. The van der Waals surface area contributed by atoms with Crippen molar-refractivity contribution in [3.05, 3.63) is 84.4 Å². The summed E-state index contributed by atoms with van der Waals surface area (Å²) in [7, 11) is 2.78. The van der Waals surface area contributed by atoms with Gasteiger partial charge in [0.2, 0.25) is 0 Å². The Balaban J connectivity index is 1.89. The van der Waals surface area contributed by atoms with Crippen molar-refractivity contribution in [2.24, 2.45) is 5.16 Å². The summed E-state index contributed by atoms with van der Waals surface area (Å²) in [6.07, 6.45) is 2.77. The van der Waals surface area contributed by atoms with Gasteiger partial charge >= 0.3 is 5.97 Å². The quantitative estimate of drug-likeness (QED) is 0.194. The van der Waals surface area contributed by atoms with Gasteiger partial charge in [-0.05, 0) is 6.92 Å². The Labute approximate surface area is 174 Å². The molecule has 0 amide bonds. The third-order valence-corrected chi connectivity index (χ3v) is 4.24. The maximum Gasteiger partial charge on any atom is 0.341 e. The van der Waals surface area contributed by atoms with Gasteiger partial charge in [0.05, 0.1) is 31.9 Å². The summed E-state index contributed by atoms with van der Waals surface area (Å²) >= 11 is 0. The molecule has 2 aromatic carbocycles. The Morgan fingerprint density at radius 1 is 0.967 bits per heavy atom. The number of benzene rings is 2. The molecule has 152 valence electrons. The lowest BCUT2D eigenvalue weighted by Gasteiger charge is -2.11. The third-order valence-electron chi connectivity index (χ3n) is 4.24.